The maximum atomic E-state index is 6.11. The van der Waals surface area contributed by atoms with E-state index < -0.39 is 0 Å². The van der Waals surface area contributed by atoms with Crippen LogP contribution >= 0.6 is 0 Å². The molecule has 2 heteroatoms. The van der Waals surface area contributed by atoms with Crippen molar-refractivity contribution in [3.63, 3.8) is 0 Å². The Bertz CT molecular complexity index is 1180. The van der Waals surface area contributed by atoms with Crippen LogP contribution in [0.1, 0.15) is 23.6 Å². The van der Waals surface area contributed by atoms with E-state index >= 15 is 0 Å². The van der Waals surface area contributed by atoms with Crippen LogP contribution in [0.5, 0.6) is 11.5 Å². The zero-order valence-corrected chi connectivity index (χ0v) is 16.9. The van der Waals surface area contributed by atoms with Crippen LogP contribution in [0, 0.1) is 0 Å². The van der Waals surface area contributed by atoms with Crippen LogP contribution in [-0.2, 0) is 5.54 Å². The van der Waals surface area contributed by atoms with Gasteiger partial charge in [0.1, 0.15) is 11.5 Å². The van der Waals surface area contributed by atoms with Crippen molar-refractivity contribution in [2.75, 3.05) is 5.32 Å². The summed E-state index contributed by atoms with van der Waals surface area (Å²) in [7, 11) is 0. The first-order chi connectivity index (χ1) is 14.7. The highest BCUT2D eigenvalue weighted by molar-refractivity contribution is 5.90. The van der Waals surface area contributed by atoms with E-state index in [-0.39, 0.29) is 5.54 Å². The molecule has 1 aliphatic rings. The van der Waals surface area contributed by atoms with Gasteiger partial charge < -0.3 is 10.1 Å². The zero-order chi connectivity index (χ0) is 20.4. The molecule has 4 aromatic carbocycles. The van der Waals surface area contributed by atoms with Gasteiger partial charge in [0.15, 0.2) is 0 Å². The number of anilines is 1. The van der Waals surface area contributed by atoms with E-state index in [2.05, 4.69) is 91.1 Å². The van der Waals surface area contributed by atoms with Gasteiger partial charge in [-0.1, -0.05) is 78.9 Å². The molecule has 0 amide bonds. The minimum atomic E-state index is -0.304. The number of hydrogen-bond donors (Lipinski definition) is 1. The minimum Gasteiger partial charge on any atom is -0.457 e. The smallest absolute Gasteiger partial charge is 0.128 e. The lowest BCUT2D eigenvalue weighted by Crippen LogP contribution is -2.33. The fourth-order valence-corrected chi connectivity index (χ4v) is 4.02. The molecular weight excluding hydrogens is 366 g/mol. The molecule has 1 heterocycles. The quantitative estimate of drug-likeness (QED) is 0.397. The van der Waals surface area contributed by atoms with Crippen molar-refractivity contribution < 1.29 is 4.74 Å². The Morgan fingerprint density at radius 2 is 1.30 bits per heavy atom. The van der Waals surface area contributed by atoms with Gasteiger partial charge in [-0.05, 0) is 60.0 Å². The Kier molecular flexibility index (Phi) is 4.61. The third-order valence-electron chi connectivity index (χ3n) is 5.55. The van der Waals surface area contributed by atoms with E-state index in [0.717, 1.165) is 22.7 Å². The first-order valence-electron chi connectivity index (χ1n) is 10.2. The molecule has 5 rings (SSSR count). The number of para-hydroxylation sites is 1. The number of ether oxygens (including phenoxy) is 1. The molecule has 1 aliphatic heterocycles. The highest BCUT2D eigenvalue weighted by atomic mass is 16.5. The maximum absolute atomic E-state index is 6.11. The summed E-state index contributed by atoms with van der Waals surface area (Å²) in [5.41, 5.74) is 5.56. The molecule has 0 radical (unpaired) electrons. The Balaban J connectivity index is 1.62. The van der Waals surface area contributed by atoms with Crippen molar-refractivity contribution in [3.8, 4) is 11.5 Å². The predicted octanol–water partition coefficient (Wildman–Crippen LogP) is 7.25. The largest absolute Gasteiger partial charge is 0.457 e. The first kappa shape index (κ1) is 18.3. The molecule has 0 saturated carbocycles. The monoisotopic (exact) mass is 389 g/mol. The molecule has 4 aromatic rings. The number of rotatable bonds is 4. The van der Waals surface area contributed by atoms with E-state index in [1.807, 2.05) is 36.4 Å². The zero-order valence-electron chi connectivity index (χ0n) is 16.9. The van der Waals surface area contributed by atoms with Crippen molar-refractivity contribution in [3.05, 3.63) is 132 Å². The molecule has 0 bridgehead atoms. The predicted molar refractivity (Wildman–Crippen MR) is 124 cm³/mol. The van der Waals surface area contributed by atoms with Gasteiger partial charge in [-0.25, -0.2) is 0 Å². The summed E-state index contributed by atoms with van der Waals surface area (Å²) in [6.07, 6.45) is 2.33. The van der Waals surface area contributed by atoms with Gasteiger partial charge in [-0.3, -0.25) is 0 Å². The Hall–Kier alpha value is -3.78. The molecule has 146 valence electrons. The molecule has 1 N–H and O–H groups in total. The van der Waals surface area contributed by atoms with E-state index in [0.29, 0.717) is 0 Å². The summed E-state index contributed by atoms with van der Waals surface area (Å²) in [6.45, 7) is 2.22. The number of nitrogens with one attached hydrogen (secondary N) is 1. The summed E-state index contributed by atoms with van der Waals surface area (Å²) >= 11 is 0. The summed E-state index contributed by atoms with van der Waals surface area (Å²) in [6, 6.07) is 37.3. The second-order valence-electron chi connectivity index (χ2n) is 7.74. The van der Waals surface area contributed by atoms with Gasteiger partial charge in [0, 0.05) is 11.3 Å². The average Bonchev–Trinajstić information content (AvgIpc) is 2.81. The number of benzene rings is 4. The van der Waals surface area contributed by atoms with Crippen LogP contribution in [0.3, 0.4) is 0 Å². The van der Waals surface area contributed by atoms with Gasteiger partial charge in [0.25, 0.3) is 0 Å². The van der Waals surface area contributed by atoms with E-state index in [4.69, 9.17) is 4.74 Å². The highest BCUT2D eigenvalue weighted by Gasteiger charge is 2.31. The second-order valence-corrected chi connectivity index (χ2v) is 7.74. The summed E-state index contributed by atoms with van der Waals surface area (Å²) in [5.74, 6) is 1.66. The lowest BCUT2D eigenvalue weighted by molar-refractivity contribution is 0.482. The van der Waals surface area contributed by atoms with Crippen LogP contribution in [0.2, 0.25) is 0 Å². The molecule has 0 aliphatic carbocycles. The van der Waals surface area contributed by atoms with Gasteiger partial charge in [-0.2, -0.15) is 0 Å². The molecule has 0 fully saturated rings. The highest BCUT2D eigenvalue weighted by Crippen LogP contribution is 2.43. The standard InChI is InChI=1S/C28H23NO/c1-28(22-13-7-3-8-14-22)20-26(21-11-5-2-6-12-21)25-19-24(17-18-27(25)29-28)30-23-15-9-4-10-16-23/h2-20,29H,1H3. The fraction of sp³-hybridized carbons (Fsp3) is 0.0714. The van der Waals surface area contributed by atoms with Crippen molar-refractivity contribution in [2.24, 2.45) is 0 Å². The van der Waals surface area contributed by atoms with Crippen molar-refractivity contribution >= 4 is 11.3 Å². The average molecular weight is 389 g/mol. The number of fused-ring (bicyclic) bond motifs is 1. The molecule has 1 unspecified atom stereocenters. The van der Waals surface area contributed by atoms with Crippen LogP contribution in [0.4, 0.5) is 5.69 Å². The molecule has 2 nitrogen and oxygen atoms in total. The third kappa shape index (κ3) is 3.48. The minimum absolute atomic E-state index is 0.304. The Morgan fingerprint density at radius 3 is 2.00 bits per heavy atom. The molecule has 0 saturated heterocycles. The van der Waals surface area contributed by atoms with E-state index in [1.165, 1.54) is 16.7 Å². The maximum Gasteiger partial charge on any atom is 0.128 e. The lowest BCUT2D eigenvalue weighted by Gasteiger charge is -2.36. The van der Waals surface area contributed by atoms with Gasteiger partial charge in [0.2, 0.25) is 0 Å². The molecule has 0 aromatic heterocycles. The van der Waals surface area contributed by atoms with Crippen LogP contribution < -0.4 is 10.1 Å². The van der Waals surface area contributed by atoms with Crippen molar-refractivity contribution in [2.45, 2.75) is 12.5 Å². The fourth-order valence-electron chi connectivity index (χ4n) is 4.02. The van der Waals surface area contributed by atoms with Crippen LogP contribution in [0.15, 0.2) is 115 Å². The van der Waals surface area contributed by atoms with Crippen LogP contribution in [-0.4, -0.2) is 0 Å². The summed E-state index contributed by atoms with van der Waals surface area (Å²) in [5, 5.41) is 3.75. The topological polar surface area (TPSA) is 21.3 Å². The van der Waals surface area contributed by atoms with Crippen molar-refractivity contribution in [1.29, 1.82) is 0 Å². The lowest BCUT2D eigenvalue weighted by atomic mass is 9.82. The molecule has 0 spiro atoms. The third-order valence-corrected chi connectivity index (χ3v) is 5.55. The molecule has 30 heavy (non-hydrogen) atoms. The normalized spacial score (nSPS) is 17.4. The van der Waals surface area contributed by atoms with Crippen molar-refractivity contribution in [1.82, 2.24) is 0 Å². The Labute approximate surface area is 177 Å². The van der Waals surface area contributed by atoms with E-state index in [9.17, 15) is 0 Å². The molecular formula is C28H23NO. The Morgan fingerprint density at radius 1 is 0.667 bits per heavy atom. The second kappa shape index (κ2) is 7.57. The number of hydrogen-bond acceptors (Lipinski definition) is 2. The van der Waals surface area contributed by atoms with Gasteiger partial charge in [0.05, 0.1) is 5.54 Å². The van der Waals surface area contributed by atoms with Gasteiger partial charge in [-0.15, -0.1) is 0 Å². The summed E-state index contributed by atoms with van der Waals surface area (Å²) in [4.78, 5) is 0. The summed E-state index contributed by atoms with van der Waals surface area (Å²) < 4.78 is 6.11. The van der Waals surface area contributed by atoms with Gasteiger partial charge >= 0.3 is 0 Å². The first-order valence-corrected chi connectivity index (χ1v) is 10.2. The SMILES string of the molecule is CC1(c2ccccc2)C=C(c2ccccc2)c2cc(Oc3ccccc3)ccc2N1. The molecule has 1 atom stereocenters. The van der Waals surface area contributed by atoms with Crippen LogP contribution in [0.25, 0.3) is 5.57 Å². The van der Waals surface area contributed by atoms with E-state index in [1.54, 1.807) is 0 Å².